The van der Waals surface area contributed by atoms with Gasteiger partial charge in [0.25, 0.3) is 5.91 Å². The second kappa shape index (κ2) is 6.91. The molecule has 1 amide bonds. The van der Waals surface area contributed by atoms with Crippen molar-refractivity contribution in [2.75, 3.05) is 7.11 Å². The summed E-state index contributed by atoms with van der Waals surface area (Å²) in [6.07, 6.45) is 1.56. The van der Waals surface area contributed by atoms with E-state index in [1.165, 1.54) is 0 Å². The van der Waals surface area contributed by atoms with Crippen molar-refractivity contribution >= 4 is 5.91 Å². The average Bonchev–Trinajstić information content (AvgIpc) is 3.13. The Kier molecular flexibility index (Phi) is 4.51. The fraction of sp³-hybridized carbons (Fsp3) is 0.176. The van der Waals surface area contributed by atoms with Crippen LogP contribution < -0.4 is 10.1 Å². The van der Waals surface area contributed by atoms with Gasteiger partial charge in [0, 0.05) is 11.8 Å². The van der Waals surface area contributed by atoms with Crippen LogP contribution >= 0.6 is 0 Å². The lowest BCUT2D eigenvalue weighted by molar-refractivity contribution is 0.0927. The van der Waals surface area contributed by atoms with Crippen molar-refractivity contribution in [2.45, 2.75) is 13.0 Å². The molecule has 0 saturated carbocycles. The van der Waals surface area contributed by atoms with E-state index in [0.29, 0.717) is 23.2 Å². The topological polar surface area (TPSA) is 90.1 Å². The third kappa shape index (κ3) is 3.40. The number of amides is 1. The predicted octanol–water partition coefficient (Wildman–Crippen LogP) is 2.63. The number of benzene rings is 1. The van der Waals surface area contributed by atoms with Gasteiger partial charge in [0.1, 0.15) is 17.5 Å². The minimum atomic E-state index is -0.439. The van der Waals surface area contributed by atoms with Gasteiger partial charge in [0.2, 0.25) is 11.7 Å². The molecule has 122 valence electrons. The van der Waals surface area contributed by atoms with Gasteiger partial charge in [0.05, 0.1) is 7.11 Å². The molecule has 0 saturated heterocycles. The Labute approximate surface area is 138 Å². The molecule has 1 aromatic carbocycles. The van der Waals surface area contributed by atoms with Crippen LogP contribution in [0.1, 0.15) is 29.3 Å². The zero-order chi connectivity index (χ0) is 16.9. The van der Waals surface area contributed by atoms with Gasteiger partial charge in [-0.05, 0) is 31.2 Å². The number of carbonyl (C=O) groups excluding carboxylic acids is 1. The maximum Gasteiger partial charge on any atom is 0.270 e. The van der Waals surface area contributed by atoms with Crippen LogP contribution in [0.2, 0.25) is 0 Å². The Balaban J connectivity index is 1.74. The maximum absolute atomic E-state index is 12.1. The molecule has 7 nitrogen and oxygen atoms in total. The van der Waals surface area contributed by atoms with Crippen molar-refractivity contribution in [2.24, 2.45) is 0 Å². The number of rotatable bonds is 5. The van der Waals surface area contributed by atoms with E-state index in [-0.39, 0.29) is 5.91 Å². The van der Waals surface area contributed by atoms with Crippen LogP contribution in [0.15, 0.2) is 53.2 Å². The summed E-state index contributed by atoms with van der Waals surface area (Å²) in [5, 5.41) is 6.73. The summed E-state index contributed by atoms with van der Waals surface area (Å²) in [5.41, 5.74) is 1.10. The molecular formula is C17H16N4O3. The molecule has 0 aliphatic rings. The summed E-state index contributed by atoms with van der Waals surface area (Å²) >= 11 is 0. The lowest BCUT2D eigenvalue weighted by Gasteiger charge is -2.08. The van der Waals surface area contributed by atoms with Gasteiger partial charge >= 0.3 is 0 Å². The van der Waals surface area contributed by atoms with Crippen LogP contribution in [0.25, 0.3) is 11.4 Å². The lowest BCUT2D eigenvalue weighted by Crippen LogP contribution is -2.27. The van der Waals surface area contributed by atoms with Crippen LogP contribution in [-0.4, -0.2) is 28.1 Å². The van der Waals surface area contributed by atoms with Crippen LogP contribution in [0, 0.1) is 0 Å². The van der Waals surface area contributed by atoms with Crippen molar-refractivity contribution in [1.29, 1.82) is 0 Å². The van der Waals surface area contributed by atoms with Gasteiger partial charge in [-0.3, -0.25) is 9.78 Å². The first kappa shape index (κ1) is 15.7. The third-order valence-electron chi connectivity index (χ3n) is 3.39. The second-order valence-electron chi connectivity index (χ2n) is 5.10. The Morgan fingerprint density at radius 3 is 2.88 bits per heavy atom. The van der Waals surface area contributed by atoms with Crippen LogP contribution in [0.5, 0.6) is 5.75 Å². The van der Waals surface area contributed by atoms with E-state index in [9.17, 15) is 4.79 Å². The van der Waals surface area contributed by atoms with Gasteiger partial charge in [-0.1, -0.05) is 23.4 Å². The third-order valence-corrected chi connectivity index (χ3v) is 3.39. The minimum absolute atomic E-state index is 0.302. The van der Waals surface area contributed by atoms with Gasteiger partial charge in [0.15, 0.2) is 0 Å². The molecule has 0 radical (unpaired) electrons. The Bertz CT molecular complexity index is 833. The number of methoxy groups -OCH3 is 1. The molecule has 2 aromatic heterocycles. The fourth-order valence-electron chi connectivity index (χ4n) is 2.12. The number of nitrogens with zero attached hydrogens (tertiary/aromatic N) is 3. The predicted molar refractivity (Wildman–Crippen MR) is 86.4 cm³/mol. The van der Waals surface area contributed by atoms with E-state index < -0.39 is 6.04 Å². The smallest absolute Gasteiger partial charge is 0.270 e. The molecule has 0 bridgehead atoms. The fourth-order valence-corrected chi connectivity index (χ4v) is 2.12. The maximum atomic E-state index is 12.1. The van der Waals surface area contributed by atoms with Gasteiger partial charge < -0.3 is 14.6 Å². The van der Waals surface area contributed by atoms with Crippen LogP contribution in [0.4, 0.5) is 0 Å². The van der Waals surface area contributed by atoms with Crippen molar-refractivity contribution in [3.63, 3.8) is 0 Å². The molecule has 1 N–H and O–H groups in total. The first-order valence-electron chi connectivity index (χ1n) is 7.37. The second-order valence-corrected chi connectivity index (χ2v) is 5.10. The highest BCUT2D eigenvalue weighted by Crippen LogP contribution is 2.22. The molecule has 0 fully saturated rings. The summed E-state index contributed by atoms with van der Waals surface area (Å²) < 4.78 is 10.4. The lowest BCUT2D eigenvalue weighted by atomic mass is 10.2. The first-order valence-corrected chi connectivity index (χ1v) is 7.37. The van der Waals surface area contributed by atoms with Crippen molar-refractivity contribution in [3.8, 4) is 17.1 Å². The number of nitrogens with one attached hydrogen (secondary N) is 1. The molecule has 2 heterocycles. The SMILES string of the molecule is COc1cccc(-c2noc(C(C)NC(=O)c3ccccn3)n2)c1. The molecule has 7 heteroatoms. The Morgan fingerprint density at radius 1 is 1.25 bits per heavy atom. The minimum Gasteiger partial charge on any atom is -0.497 e. The van der Waals surface area contributed by atoms with E-state index >= 15 is 0 Å². The monoisotopic (exact) mass is 324 g/mol. The highest BCUT2D eigenvalue weighted by atomic mass is 16.5. The van der Waals surface area contributed by atoms with Gasteiger partial charge in [-0.25, -0.2) is 0 Å². The van der Waals surface area contributed by atoms with E-state index in [1.54, 1.807) is 38.4 Å². The number of ether oxygens (including phenoxy) is 1. The average molecular weight is 324 g/mol. The standard InChI is InChI=1S/C17H16N4O3/c1-11(19-16(22)14-8-3-4-9-18-14)17-20-15(21-24-17)12-6-5-7-13(10-12)23-2/h3-11H,1-2H3,(H,19,22). The number of hydrogen-bond acceptors (Lipinski definition) is 6. The molecule has 0 spiro atoms. The van der Waals surface area contributed by atoms with E-state index in [4.69, 9.17) is 9.26 Å². The molecule has 0 aliphatic carbocycles. The van der Waals surface area contributed by atoms with Crippen LogP contribution in [-0.2, 0) is 0 Å². The molecule has 1 unspecified atom stereocenters. The summed E-state index contributed by atoms with van der Waals surface area (Å²) in [4.78, 5) is 20.4. The zero-order valence-electron chi connectivity index (χ0n) is 13.3. The molecule has 3 aromatic rings. The van der Waals surface area contributed by atoms with Gasteiger partial charge in [-0.15, -0.1) is 0 Å². The molecule has 1 atom stereocenters. The van der Waals surface area contributed by atoms with E-state index in [0.717, 1.165) is 5.56 Å². The first-order chi connectivity index (χ1) is 11.7. The number of pyridine rings is 1. The normalized spacial score (nSPS) is 11.8. The number of carbonyl (C=O) groups is 1. The molecule has 3 rings (SSSR count). The van der Waals surface area contributed by atoms with Gasteiger partial charge in [-0.2, -0.15) is 4.98 Å². The highest BCUT2D eigenvalue weighted by Gasteiger charge is 2.18. The van der Waals surface area contributed by atoms with Crippen molar-refractivity contribution in [3.05, 3.63) is 60.2 Å². The molecule has 0 aliphatic heterocycles. The zero-order valence-corrected chi connectivity index (χ0v) is 13.3. The van der Waals surface area contributed by atoms with Crippen LogP contribution in [0.3, 0.4) is 0 Å². The van der Waals surface area contributed by atoms with Crippen molar-refractivity contribution in [1.82, 2.24) is 20.4 Å². The number of aromatic nitrogens is 3. The van der Waals surface area contributed by atoms with E-state index in [2.05, 4.69) is 20.4 Å². The number of hydrogen-bond donors (Lipinski definition) is 1. The largest absolute Gasteiger partial charge is 0.497 e. The highest BCUT2D eigenvalue weighted by molar-refractivity contribution is 5.92. The Morgan fingerprint density at radius 2 is 2.12 bits per heavy atom. The Hall–Kier alpha value is -3.22. The molecular weight excluding hydrogens is 308 g/mol. The quantitative estimate of drug-likeness (QED) is 0.776. The summed E-state index contributed by atoms with van der Waals surface area (Å²) in [7, 11) is 1.59. The summed E-state index contributed by atoms with van der Waals surface area (Å²) in [6.45, 7) is 1.77. The van der Waals surface area contributed by atoms with Crippen molar-refractivity contribution < 1.29 is 14.1 Å². The van der Waals surface area contributed by atoms with E-state index in [1.807, 2.05) is 24.3 Å². The summed E-state index contributed by atoms with van der Waals surface area (Å²) in [5.74, 6) is 1.15. The molecule has 24 heavy (non-hydrogen) atoms. The summed E-state index contributed by atoms with van der Waals surface area (Å²) in [6, 6.07) is 12.0.